The van der Waals surface area contributed by atoms with Crippen LogP contribution >= 0.6 is 15.9 Å². The summed E-state index contributed by atoms with van der Waals surface area (Å²) in [6.07, 6.45) is 0.780. The summed E-state index contributed by atoms with van der Waals surface area (Å²) in [5.41, 5.74) is 1.83. The fourth-order valence-corrected chi connectivity index (χ4v) is 1.96. The first kappa shape index (κ1) is 11.6. The Morgan fingerprint density at radius 3 is 2.57 bits per heavy atom. The van der Waals surface area contributed by atoms with E-state index in [0.717, 1.165) is 22.0 Å². The molecule has 0 aliphatic rings. The zero-order chi connectivity index (χ0) is 10.7. The minimum absolute atomic E-state index is 0.547. The van der Waals surface area contributed by atoms with Crippen LogP contribution in [0.2, 0.25) is 0 Å². The molecule has 0 spiro atoms. The molecule has 0 aliphatic heterocycles. The topological polar surface area (TPSA) is 49.7 Å². The molecule has 2 N–H and O–H groups in total. The lowest BCUT2D eigenvalue weighted by Crippen LogP contribution is -2.21. The minimum Gasteiger partial charge on any atom is -0.512 e. The van der Waals surface area contributed by atoms with Crippen molar-refractivity contribution >= 4 is 23.3 Å². The predicted octanol–water partition coefficient (Wildman–Crippen LogP) is 1.67. The molecule has 1 aromatic rings. The Morgan fingerprint density at radius 2 is 2.07 bits per heavy atom. The molecule has 3 nitrogen and oxygen atoms in total. The standard InChI is InChI=1S/C9H12BBrO3/c1-3-7-5-8(11)4-6(2)9(7)14-10(12)13/h4-5,12-13H,3H2,1-2H3. The summed E-state index contributed by atoms with van der Waals surface area (Å²) in [7, 11) is -1.76. The number of aryl methyl sites for hydroxylation is 2. The average Bonchev–Trinajstić information content (AvgIpc) is 2.08. The highest BCUT2D eigenvalue weighted by Gasteiger charge is 2.16. The van der Waals surface area contributed by atoms with Crippen LogP contribution in [0.4, 0.5) is 0 Å². The molecule has 1 aromatic carbocycles. The maximum Gasteiger partial charge on any atom is 0.707 e. The molecule has 0 heterocycles. The second-order valence-corrected chi connectivity index (χ2v) is 3.92. The third kappa shape index (κ3) is 2.74. The molecule has 14 heavy (non-hydrogen) atoms. The lowest BCUT2D eigenvalue weighted by molar-refractivity contribution is 0.286. The van der Waals surface area contributed by atoms with Crippen molar-refractivity contribution in [3.05, 3.63) is 27.7 Å². The quantitative estimate of drug-likeness (QED) is 0.811. The van der Waals surface area contributed by atoms with Gasteiger partial charge in [0.15, 0.2) is 0 Å². The van der Waals surface area contributed by atoms with Crippen molar-refractivity contribution in [2.24, 2.45) is 0 Å². The highest BCUT2D eigenvalue weighted by atomic mass is 79.9. The van der Waals surface area contributed by atoms with Gasteiger partial charge in [0.1, 0.15) is 5.75 Å². The average molecular weight is 259 g/mol. The van der Waals surface area contributed by atoms with Gasteiger partial charge in [-0.05, 0) is 36.6 Å². The van der Waals surface area contributed by atoms with Crippen LogP contribution in [0.3, 0.4) is 0 Å². The third-order valence-corrected chi connectivity index (χ3v) is 2.38. The molecule has 0 aliphatic carbocycles. The molecule has 76 valence electrons. The van der Waals surface area contributed by atoms with Gasteiger partial charge >= 0.3 is 7.32 Å². The maximum absolute atomic E-state index is 8.74. The summed E-state index contributed by atoms with van der Waals surface area (Å²) in [5.74, 6) is 0.547. The van der Waals surface area contributed by atoms with Gasteiger partial charge in [0.05, 0.1) is 0 Å². The minimum atomic E-state index is -1.76. The predicted molar refractivity (Wildman–Crippen MR) is 59.1 cm³/mol. The summed E-state index contributed by atoms with van der Waals surface area (Å²) in [5, 5.41) is 17.5. The van der Waals surface area contributed by atoms with Crippen molar-refractivity contribution in [3.63, 3.8) is 0 Å². The Kier molecular flexibility index (Phi) is 3.98. The van der Waals surface area contributed by atoms with E-state index in [0.29, 0.717) is 5.75 Å². The molecule has 5 heteroatoms. The van der Waals surface area contributed by atoms with E-state index in [9.17, 15) is 0 Å². The molecule has 0 saturated carbocycles. The van der Waals surface area contributed by atoms with Crippen molar-refractivity contribution in [1.82, 2.24) is 0 Å². The number of halogens is 1. The number of hydrogen-bond acceptors (Lipinski definition) is 3. The normalized spacial score (nSPS) is 10.1. The van der Waals surface area contributed by atoms with Crippen LogP contribution in [0, 0.1) is 6.92 Å². The fourth-order valence-electron chi connectivity index (χ4n) is 1.34. The Morgan fingerprint density at radius 1 is 1.43 bits per heavy atom. The van der Waals surface area contributed by atoms with Crippen molar-refractivity contribution in [1.29, 1.82) is 0 Å². The van der Waals surface area contributed by atoms with Gasteiger partial charge in [0.25, 0.3) is 0 Å². The molecule has 0 atom stereocenters. The summed E-state index contributed by atoms with van der Waals surface area (Å²) in [6, 6.07) is 3.78. The molecule has 0 saturated heterocycles. The van der Waals surface area contributed by atoms with Crippen LogP contribution in [0.5, 0.6) is 5.75 Å². The van der Waals surface area contributed by atoms with E-state index in [1.54, 1.807) is 0 Å². The summed E-state index contributed by atoms with van der Waals surface area (Å²) in [4.78, 5) is 0. The fraction of sp³-hybridized carbons (Fsp3) is 0.333. The van der Waals surface area contributed by atoms with Crippen molar-refractivity contribution in [3.8, 4) is 5.75 Å². The van der Waals surface area contributed by atoms with Crippen LogP contribution < -0.4 is 4.65 Å². The summed E-state index contributed by atoms with van der Waals surface area (Å²) < 4.78 is 5.88. The van der Waals surface area contributed by atoms with Crippen LogP contribution in [0.25, 0.3) is 0 Å². The Labute approximate surface area is 92.0 Å². The number of rotatable bonds is 3. The molecule has 0 bridgehead atoms. The molecule has 0 amide bonds. The number of hydrogen-bond donors (Lipinski definition) is 2. The van der Waals surface area contributed by atoms with Crippen LogP contribution in [-0.2, 0) is 6.42 Å². The lowest BCUT2D eigenvalue weighted by Gasteiger charge is -2.13. The van der Waals surface area contributed by atoms with E-state index in [1.807, 2.05) is 26.0 Å². The van der Waals surface area contributed by atoms with E-state index < -0.39 is 7.32 Å². The van der Waals surface area contributed by atoms with Crippen molar-refractivity contribution < 1.29 is 14.7 Å². The zero-order valence-electron chi connectivity index (χ0n) is 8.12. The Balaban J connectivity index is 3.11. The third-order valence-electron chi connectivity index (χ3n) is 1.92. The van der Waals surface area contributed by atoms with E-state index in [1.165, 1.54) is 0 Å². The van der Waals surface area contributed by atoms with Gasteiger partial charge in [0.2, 0.25) is 0 Å². The van der Waals surface area contributed by atoms with Crippen LogP contribution in [0.1, 0.15) is 18.1 Å². The highest BCUT2D eigenvalue weighted by molar-refractivity contribution is 9.10. The molecular weight excluding hydrogens is 247 g/mol. The summed E-state index contributed by atoms with van der Waals surface area (Å²) in [6.45, 7) is 3.85. The second kappa shape index (κ2) is 4.82. The smallest absolute Gasteiger partial charge is 0.512 e. The van der Waals surface area contributed by atoms with E-state index in [4.69, 9.17) is 14.7 Å². The highest BCUT2D eigenvalue weighted by Crippen LogP contribution is 2.28. The van der Waals surface area contributed by atoms with Crippen molar-refractivity contribution in [2.75, 3.05) is 0 Å². The van der Waals surface area contributed by atoms with Gasteiger partial charge in [-0.1, -0.05) is 22.9 Å². The van der Waals surface area contributed by atoms with Gasteiger partial charge < -0.3 is 14.7 Å². The molecule has 0 unspecified atom stereocenters. The first-order valence-corrected chi connectivity index (χ1v) is 5.15. The lowest BCUT2D eigenvalue weighted by atomic mass is 10.1. The molecule has 0 aromatic heterocycles. The van der Waals surface area contributed by atoms with Crippen LogP contribution in [-0.4, -0.2) is 17.4 Å². The van der Waals surface area contributed by atoms with E-state index >= 15 is 0 Å². The largest absolute Gasteiger partial charge is 0.707 e. The molecule has 0 radical (unpaired) electrons. The van der Waals surface area contributed by atoms with Gasteiger partial charge in [-0.25, -0.2) is 0 Å². The first-order valence-electron chi connectivity index (χ1n) is 4.36. The summed E-state index contributed by atoms with van der Waals surface area (Å²) >= 11 is 3.37. The monoisotopic (exact) mass is 258 g/mol. The van der Waals surface area contributed by atoms with Crippen molar-refractivity contribution in [2.45, 2.75) is 20.3 Å². The Bertz CT molecular complexity index is 328. The van der Waals surface area contributed by atoms with Gasteiger partial charge in [-0.2, -0.15) is 0 Å². The molecule has 1 rings (SSSR count). The first-order chi connectivity index (χ1) is 6.54. The van der Waals surface area contributed by atoms with E-state index in [2.05, 4.69) is 15.9 Å². The van der Waals surface area contributed by atoms with Gasteiger partial charge in [-0.15, -0.1) is 0 Å². The number of benzene rings is 1. The van der Waals surface area contributed by atoms with E-state index in [-0.39, 0.29) is 0 Å². The Hall–Kier alpha value is -0.515. The molecule has 0 fully saturated rings. The van der Waals surface area contributed by atoms with Gasteiger partial charge in [0, 0.05) is 4.47 Å². The maximum atomic E-state index is 8.74. The second-order valence-electron chi connectivity index (χ2n) is 3.01. The van der Waals surface area contributed by atoms with Gasteiger partial charge in [-0.3, -0.25) is 0 Å². The molecular formula is C9H12BBrO3. The SMILES string of the molecule is CCc1cc(Br)cc(C)c1OB(O)O. The van der Waals surface area contributed by atoms with Crippen LogP contribution in [0.15, 0.2) is 16.6 Å². The zero-order valence-corrected chi connectivity index (χ0v) is 9.71.